The molecule has 1 atom stereocenters. The predicted octanol–water partition coefficient (Wildman–Crippen LogP) is 2.45. The second-order valence-electron chi connectivity index (χ2n) is 7.75. The van der Waals surface area contributed by atoms with Crippen LogP contribution < -0.4 is 10.0 Å². The van der Waals surface area contributed by atoms with E-state index in [0.717, 1.165) is 22.6 Å². The van der Waals surface area contributed by atoms with E-state index in [0.29, 0.717) is 0 Å². The summed E-state index contributed by atoms with van der Waals surface area (Å²) < 4.78 is 36.4. The predicted molar refractivity (Wildman–Crippen MR) is 121 cm³/mol. The van der Waals surface area contributed by atoms with Crippen LogP contribution in [0, 0.1) is 5.82 Å². The maximum Gasteiger partial charge on any atom is 0.257 e. The largest absolute Gasteiger partial charge is 0.322 e. The van der Waals surface area contributed by atoms with Gasteiger partial charge in [0, 0.05) is 12.1 Å². The van der Waals surface area contributed by atoms with E-state index in [9.17, 15) is 27.2 Å². The monoisotopic (exact) mass is 481 g/mol. The van der Waals surface area contributed by atoms with Gasteiger partial charge in [0.25, 0.3) is 11.8 Å². The number of nitrogens with two attached hydrogens (primary N) is 1. The number of hydrogen-bond acceptors (Lipinski definition) is 5. The lowest BCUT2D eigenvalue weighted by atomic mass is 10.1. The van der Waals surface area contributed by atoms with Crippen LogP contribution in [0.15, 0.2) is 83.8 Å². The first-order chi connectivity index (χ1) is 16.1. The molecule has 10 heteroatoms. The first-order valence-corrected chi connectivity index (χ1v) is 11.8. The molecule has 174 valence electrons. The molecule has 3 amide bonds. The zero-order valence-corrected chi connectivity index (χ0v) is 18.6. The quantitative estimate of drug-likeness (QED) is 0.543. The van der Waals surface area contributed by atoms with Crippen LogP contribution in [0.1, 0.15) is 22.3 Å². The lowest BCUT2D eigenvalue weighted by Crippen LogP contribution is -2.45. The van der Waals surface area contributed by atoms with Crippen LogP contribution in [0.3, 0.4) is 0 Å². The highest BCUT2D eigenvalue weighted by atomic mass is 32.2. The Morgan fingerprint density at radius 1 is 0.971 bits per heavy atom. The number of primary sulfonamides is 1. The fourth-order valence-electron chi connectivity index (χ4n) is 3.78. The second-order valence-corrected chi connectivity index (χ2v) is 9.31. The summed E-state index contributed by atoms with van der Waals surface area (Å²) in [5, 5.41) is 5.10. The molecule has 1 saturated heterocycles. The number of nitrogens with zero attached hydrogens (tertiary/aromatic N) is 2. The molecular weight excluding hydrogens is 461 g/mol. The van der Waals surface area contributed by atoms with E-state index >= 15 is 0 Å². The van der Waals surface area contributed by atoms with E-state index in [1.54, 1.807) is 24.3 Å². The second kappa shape index (κ2) is 9.16. The fraction of sp³-hybridized carbons (Fsp3) is 0.125. The number of benzene rings is 3. The van der Waals surface area contributed by atoms with Gasteiger partial charge in [0.15, 0.2) is 0 Å². The van der Waals surface area contributed by atoms with E-state index in [1.165, 1.54) is 41.3 Å². The Morgan fingerprint density at radius 3 is 2.18 bits per heavy atom. The van der Waals surface area contributed by atoms with E-state index in [2.05, 4.69) is 0 Å². The highest BCUT2D eigenvalue weighted by Crippen LogP contribution is 2.28. The molecule has 1 heterocycles. The van der Waals surface area contributed by atoms with Gasteiger partial charge < -0.3 is 4.90 Å². The molecule has 0 saturated carbocycles. The molecule has 0 spiro atoms. The average molecular weight is 482 g/mol. The number of hydrogen-bond donors (Lipinski definition) is 1. The number of halogens is 1. The topological polar surface area (TPSA) is 118 Å². The van der Waals surface area contributed by atoms with Crippen molar-refractivity contribution in [2.24, 2.45) is 5.14 Å². The van der Waals surface area contributed by atoms with Gasteiger partial charge in [-0.1, -0.05) is 30.3 Å². The number of sulfonamides is 1. The first kappa shape index (κ1) is 23.3. The van der Waals surface area contributed by atoms with Gasteiger partial charge in [-0.05, 0) is 54.1 Å². The average Bonchev–Trinajstić information content (AvgIpc) is 3.11. The normalized spacial score (nSPS) is 16.1. The molecule has 1 unspecified atom stereocenters. The third-order valence-electron chi connectivity index (χ3n) is 5.47. The van der Waals surface area contributed by atoms with Gasteiger partial charge in [0.05, 0.1) is 17.0 Å². The summed E-state index contributed by atoms with van der Waals surface area (Å²) in [6.45, 7) is 0.0545. The Hall–Kier alpha value is -3.89. The van der Waals surface area contributed by atoms with Gasteiger partial charge in [-0.15, -0.1) is 0 Å². The summed E-state index contributed by atoms with van der Waals surface area (Å²) in [6, 6.07) is 17.8. The zero-order chi connectivity index (χ0) is 24.5. The van der Waals surface area contributed by atoms with Crippen molar-refractivity contribution in [3.8, 4) is 0 Å². The number of imide groups is 1. The van der Waals surface area contributed by atoms with E-state index in [4.69, 9.17) is 5.14 Å². The van der Waals surface area contributed by atoms with E-state index < -0.39 is 39.6 Å². The third-order valence-corrected chi connectivity index (χ3v) is 6.40. The summed E-state index contributed by atoms with van der Waals surface area (Å²) >= 11 is 0. The van der Waals surface area contributed by atoms with Gasteiger partial charge in [-0.25, -0.2) is 22.8 Å². The smallest absolute Gasteiger partial charge is 0.257 e. The number of anilines is 1. The molecule has 0 bridgehead atoms. The van der Waals surface area contributed by atoms with Gasteiger partial charge in [-0.3, -0.25) is 14.4 Å². The van der Waals surface area contributed by atoms with Gasteiger partial charge >= 0.3 is 0 Å². The van der Waals surface area contributed by atoms with Crippen molar-refractivity contribution < 1.29 is 27.2 Å². The van der Waals surface area contributed by atoms with Crippen molar-refractivity contribution in [2.45, 2.75) is 23.9 Å². The van der Waals surface area contributed by atoms with Crippen LogP contribution in [0.2, 0.25) is 0 Å². The molecule has 1 aliphatic rings. The Balaban J connectivity index is 1.67. The van der Waals surface area contributed by atoms with Crippen LogP contribution in [0.25, 0.3) is 0 Å². The Kier molecular flexibility index (Phi) is 6.27. The maximum atomic E-state index is 13.4. The van der Waals surface area contributed by atoms with E-state index in [1.807, 2.05) is 6.07 Å². The molecular formula is C24H20FN3O5S. The summed E-state index contributed by atoms with van der Waals surface area (Å²) in [4.78, 5) is 41.5. The number of carbonyl (C=O) groups excluding carboxylic acids is 3. The number of amides is 3. The minimum atomic E-state index is -3.94. The Bertz CT molecular complexity index is 1340. The van der Waals surface area contributed by atoms with Crippen molar-refractivity contribution >= 4 is 33.4 Å². The fourth-order valence-corrected chi connectivity index (χ4v) is 4.29. The van der Waals surface area contributed by atoms with Crippen molar-refractivity contribution in [1.29, 1.82) is 0 Å². The van der Waals surface area contributed by atoms with Crippen LogP contribution in [0.4, 0.5) is 10.1 Å². The molecule has 34 heavy (non-hydrogen) atoms. The van der Waals surface area contributed by atoms with Crippen LogP contribution in [-0.2, 0) is 26.2 Å². The standard InChI is InChI=1S/C24H20FN3O5S/c25-18-8-6-17(7-9-18)23(30)27(15-16-4-2-1-3-5-16)21-14-22(29)28(24(21)31)19-10-12-20(13-11-19)34(26,32)33/h1-13,21H,14-15H2,(H2,26,32,33). The molecule has 1 aliphatic heterocycles. The molecule has 3 aromatic carbocycles. The lowest BCUT2D eigenvalue weighted by Gasteiger charge is -2.28. The molecule has 0 aliphatic carbocycles. The lowest BCUT2D eigenvalue weighted by molar-refractivity contribution is -0.122. The van der Waals surface area contributed by atoms with E-state index in [-0.39, 0.29) is 29.1 Å². The first-order valence-electron chi connectivity index (χ1n) is 10.3. The summed E-state index contributed by atoms with van der Waals surface area (Å²) in [7, 11) is -3.94. The molecule has 2 N–H and O–H groups in total. The third kappa shape index (κ3) is 4.73. The molecule has 0 aromatic heterocycles. The van der Waals surface area contributed by atoms with Crippen molar-refractivity contribution in [3.63, 3.8) is 0 Å². The molecule has 8 nitrogen and oxygen atoms in total. The highest BCUT2D eigenvalue weighted by Gasteiger charge is 2.44. The van der Waals surface area contributed by atoms with Crippen molar-refractivity contribution in [3.05, 3.63) is 95.8 Å². The maximum absolute atomic E-state index is 13.4. The van der Waals surface area contributed by atoms with Crippen LogP contribution in [0.5, 0.6) is 0 Å². The van der Waals surface area contributed by atoms with Gasteiger partial charge in [0.2, 0.25) is 15.9 Å². The Morgan fingerprint density at radius 2 is 1.59 bits per heavy atom. The van der Waals surface area contributed by atoms with Crippen molar-refractivity contribution in [1.82, 2.24) is 4.90 Å². The summed E-state index contributed by atoms with van der Waals surface area (Å²) in [5.41, 5.74) is 1.08. The van der Waals surface area contributed by atoms with Gasteiger partial charge in [-0.2, -0.15) is 0 Å². The number of carbonyl (C=O) groups is 3. The molecule has 0 radical (unpaired) electrons. The Labute approximate surface area is 195 Å². The highest BCUT2D eigenvalue weighted by molar-refractivity contribution is 7.89. The molecule has 3 aromatic rings. The minimum absolute atomic E-state index is 0.0545. The van der Waals surface area contributed by atoms with Crippen LogP contribution >= 0.6 is 0 Å². The SMILES string of the molecule is NS(=O)(=O)c1ccc(N2C(=O)CC(N(Cc3ccccc3)C(=O)c3ccc(F)cc3)C2=O)cc1. The van der Waals surface area contributed by atoms with Gasteiger partial charge in [0.1, 0.15) is 11.9 Å². The number of rotatable bonds is 6. The van der Waals surface area contributed by atoms with Crippen molar-refractivity contribution in [2.75, 3.05) is 4.90 Å². The molecule has 4 rings (SSSR count). The van der Waals surface area contributed by atoms with Crippen LogP contribution in [-0.4, -0.2) is 37.1 Å². The zero-order valence-electron chi connectivity index (χ0n) is 17.8. The molecule has 1 fully saturated rings. The summed E-state index contributed by atoms with van der Waals surface area (Å²) in [6.07, 6.45) is -0.254. The minimum Gasteiger partial charge on any atom is -0.322 e. The summed E-state index contributed by atoms with van der Waals surface area (Å²) in [5.74, 6) is -2.20.